The van der Waals surface area contributed by atoms with Crippen LogP contribution in [-0.2, 0) is 17.8 Å². The molecular formula is C25H40N6O5Si2. The van der Waals surface area contributed by atoms with E-state index in [2.05, 4.69) is 70.4 Å². The van der Waals surface area contributed by atoms with Crippen molar-refractivity contribution >= 4 is 34.1 Å². The van der Waals surface area contributed by atoms with Crippen LogP contribution in [0.3, 0.4) is 0 Å². The van der Waals surface area contributed by atoms with Gasteiger partial charge in [0.25, 0.3) is 0 Å². The Balaban J connectivity index is 1.81. The zero-order valence-electron chi connectivity index (χ0n) is 23.8. The van der Waals surface area contributed by atoms with Crippen LogP contribution in [0.1, 0.15) is 67.9 Å². The Kier molecular flexibility index (Phi) is 8.02. The standard InChI is InChI=1S/C25H40N6O5Si2/c1-15(2)37(16(3)4)34-11-19-10-20(22(32)23(19)35-38(36-37,17(5)6)18(7)8)30-13-28-21-24(30)29-14-31(33-9)25(21)27-12-26/h13-20,23H,10-11H2,1-9H3/t19-,20?,23-/m1/s1. The minimum atomic E-state index is -2.90. The highest BCUT2D eigenvalue weighted by molar-refractivity contribution is 6.84. The molecule has 0 radical (unpaired) electrons. The lowest BCUT2D eigenvalue weighted by Gasteiger charge is -2.51. The molecule has 1 unspecified atom stereocenters. The number of aromatic nitrogens is 4. The van der Waals surface area contributed by atoms with Gasteiger partial charge in [-0.1, -0.05) is 55.4 Å². The topological polar surface area (TPSA) is 126 Å². The molecule has 0 bridgehead atoms. The minimum Gasteiger partial charge on any atom is -0.414 e. The molecule has 2 aromatic heterocycles. The number of nitrogens with zero attached hydrogens (tertiary/aromatic N) is 6. The summed E-state index contributed by atoms with van der Waals surface area (Å²) in [7, 11) is -4.14. The highest BCUT2D eigenvalue weighted by atomic mass is 28.5. The third-order valence-corrected chi connectivity index (χ3v) is 18.3. The first-order valence-corrected chi connectivity index (χ1v) is 17.3. The molecule has 1 aliphatic heterocycles. The summed E-state index contributed by atoms with van der Waals surface area (Å²) in [4.78, 5) is 32.1. The van der Waals surface area contributed by atoms with Crippen LogP contribution in [0.5, 0.6) is 0 Å². The number of fused-ring (bicyclic) bond motifs is 2. The van der Waals surface area contributed by atoms with Crippen LogP contribution in [0.4, 0.5) is 0 Å². The van der Waals surface area contributed by atoms with Gasteiger partial charge < -0.3 is 22.4 Å². The second-order valence-corrected chi connectivity index (χ2v) is 20.4. The van der Waals surface area contributed by atoms with Crippen molar-refractivity contribution in [1.29, 1.82) is 5.26 Å². The molecule has 0 aromatic carbocycles. The van der Waals surface area contributed by atoms with Crippen LogP contribution >= 0.6 is 0 Å². The van der Waals surface area contributed by atoms with E-state index in [9.17, 15) is 10.1 Å². The molecule has 2 aromatic rings. The van der Waals surface area contributed by atoms with Crippen molar-refractivity contribution < 1.29 is 22.6 Å². The first kappa shape index (κ1) is 28.6. The van der Waals surface area contributed by atoms with Crippen molar-refractivity contribution in [2.75, 3.05) is 13.7 Å². The number of Topliss-reactive ketones (excluding diaryl/α,β-unsaturated/α-hetero) is 1. The molecule has 4 rings (SSSR count). The maximum atomic E-state index is 14.1. The number of rotatable bonds is 6. The Hall–Kier alpha value is -2.38. The molecule has 0 spiro atoms. The fraction of sp³-hybridized carbons (Fsp3) is 0.720. The van der Waals surface area contributed by atoms with Gasteiger partial charge >= 0.3 is 17.1 Å². The minimum absolute atomic E-state index is 0.0213. The Bertz CT molecular complexity index is 1280. The van der Waals surface area contributed by atoms with Crippen LogP contribution in [0.25, 0.3) is 11.2 Å². The van der Waals surface area contributed by atoms with E-state index < -0.39 is 29.3 Å². The summed E-state index contributed by atoms with van der Waals surface area (Å²) in [6.45, 7) is 17.8. The number of hydrogen-bond donors (Lipinski definition) is 0. The third-order valence-electron chi connectivity index (χ3n) is 8.10. The SMILES string of the molecule is COn1cnc2c(ncn2C2C[C@@H]3CO[Si](C(C)C)(C(C)C)O[Si](C(C)C)(C(C)C)O[C@H]3C2=O)c1=NC#N. The molecule has 0 amide bonds. The zero-order chi connectivity index (χ0) is 28.0. The highest BCUT2D eigenvalue weighted by Gasteiger charge is 2.61. The molecule has 2 aliphatic rings. The van der Waals surface area contributed by atoms with Crippen LogP contribution in [0.2, 0.25) is 22.2 Å². The van der Waals surface area contributed by atoms with E-state index >= 15 is 0 Å². The van der Waals surface area contributed by atoms with Gasteiger partial charge in [-0.15, -0.1) is 4.99 Å². The van der Waals surface area contributed by atoms with E-state index in [0.29, 0.717) is 24.2 Å². The molecular weight excluding hydrogens is 520 g/mol. The third kappa shape index (κ3) is 4.46. The number of carbonyl (C=O) groups excluding carboxylic acids is 1. The average Bonchev–Trinajstić information content (AvgIpc) is 3.39. The Morgan fingerprint density at radius 2 is 1.68 bits per heavy atom. The number of imidazole rings is 1. The van der Waals surface area contributed by atoms with E-state index in [-0.39, 0.29) is 39.4 Å². The van der Waals surface area contributed by atoms with Crippen LogP contribution in [-0.4, -0.2) is 62.0 Å². The molecule has 0 N–H and O–H groups in total. The van der Waals surface area contributed by atoms with Gasteiger partial charge in [0.2, 0.25) is 11.7 Å². The van der Waals surface area contributed by atoms with Crippen LogP contribution in [0, 0.1) is 17.4 Å². The second-order valence-electron chi connectivity index (χ2n) is 11.5. The van der Waals surface area contributed by atoms with Crippen molar-refractivity contribution in [1.82, 2.24) is 19.3 Å². The largest absolute Gasteiger partial charge is 0.414 e. The maximum Gasteiger partial charge on any atom is 0.335 e. The molecule has 1 saturated carbocycles. The van der Waals surface area contributed by atoms with Crippen molar-refractivity contribution in [2.45, 2.75) is 96.1 Å². The number of nitriles is 1. The van der Waals surface area contributed by atoms with Gasteiger partial charge in [-0.25, -0.2) is 9.97 Å². The maximum absolute atomic E-state index is 14.1. The van der Waals surface area contributed by atoms with Crippen molar-refractivity contribution in [3.63, 3.8) is 0 Å². The monoisotopic (exact) mass is 560 g/mol. The van der Waals surface area contributed by atoms with Crippen LogP contribution in [0.15, 0.2) is 17.6 Å². The second kappa shape index (κ2) is 10.7. The lowest BCUT2D eigenvalue weighted by atomic mass is 10.1. The summed E-state index contributed by atoms with van der Waals surface area (Å²) in [5, 5.41) is 9.18. The Morgan fingerprint density at radius 1 is 1.05 bits per heavy atom. The molecule has 208 valence electrons. The number of ketones is 1. The molecule has 11 nitrogen and oxygen atoms in total. The molecule has 2 fully saturated rings. The van der Waals surface area contributed by atoms with Gasteiger partial charge in [0, 0.05) is 12.5 Å². The summed E-state index contributed by atoms with van der Waals surface area (Å²) in [5.74, 6) is -0.134. The van der Waals surface area contributed by atoms with Crippen molar-refractivity contribution in [3.05, 3.63) is 18.1 Å². The van der Waals surface area contributed by atoms with Gasteiger partial charge in [-0.05, 0) is 28.6 Å². The molecule has 1 aliphatic carbocycles. The number of carbonyl (C=O) groups is 1. The Morgan fingerprint density at radius 3 is 2.24 bits per heavy atom. The van der Waals surface area contributed by atoms with Crippen LogP contribution < -0.4 is 10.3 Å². The lowest BCUT2D eigenvalue weighted by molar-refractivity contribution is -0.128. The first-order valence-electron chi connectivity index (χ1n) is 13.4. The molecule has 1 saturated heterocycles. The van der Waals surface area contributed by atoms with Gasteiger partial charge in [0.1, 0.15) is 19.5 Å². The van der Waals surface area contributed by atoms with Gasteiger partial charge in [0.05, 0.1) is 12.4 Å². The van der Waals surface area contributed by atoms with E-state index in [1.165, 1.54) is 18.2 Å². The highest BCUT2D eigenvalue weighted by Crippen LogP contribution is 2.49. The Labute approximate surface area is 226 Å². The molecule has 3 heterocycles. The predicted molar refractivity (Wildman–Crippen MR) is 145 cm³/mol. The van der Waals surface area contributed by atoms with Gasteiger partial charge in [0.15, 0.2) is 16.9 Å². The molecule has 3 atom stereocenters. The normalized spacial score (nSPS) is 25.7. The van der Waals surface area contributed by atoms with E-state index in [0.717, 1.165) is 0 Å². The van der Waals surface area contributed by atoms with E-state index in [4.69, 9.17) is 17.8 Å². The average molecular weight is 561 g/mol. The van der Waals surface area contributed by atoms with Crippen molar-refractivity contribution in [2.24, 2.45) is 10.9 Å². The summed E-state index contributed by atoms with van der Waals surface area (Å²) < 4.78 is 24.1. The van der Waals surface area contributed by atoms with E-state index in [1.54, 1.807) is 17.1 Å². The lowest BCUT2D eigenvalue weighted by Crippen LogP contribution is -2.64. The molecule has 38 heavy (non-hydrogen) atoms. The van der Waals surface area contributed by atoms with Gasteiger partial charge in [-0.2, -0.15) is 9.99 Å². The zero-order valence-corrected chi connectivity index (χ0v) is 25.8. The fourth-order valence-electron chi connectivity index (χ4n) is 6.08. The smallest absolute Gasteiger partial charge is 0.335 e. The first-order chi connectivity index (χ1) is 17.9. The van der Waals surface area contributed by atoms with Crippen molar-refractivity contribution in [3.8, 4) is 6.19 Å². The number of hydrogen-bond acceptors (Lipinski definition) is 9. The van der Waals surface area contributed by atoms with Gasteiger partial charge in [-0.3, -0.25) is 4.79 Å². The summed E-state index contributed by atoms with van der Waals surface area (Å²) in [6.07, 6.45) is 4.71. The predicted octanol–water partition coefficient (Wildman–Crippen LogP) is 3.76. The summed E-state index contributed by atoms with van der Waals surface area (Å²) >= 11 is 0. The quantitative estimate of drug-likeness (QED) is 0.386. The fourth-order valence-corrected chi connectivity index (χ4v) is 17.3. The van der Waals surface area contributed by atoms with E-state index in [1.807, 2.05) is 0 Å². The molecule has 13 heteroatoms. The summed E-state index contributed by atoms with van der Waals surface area (Å²) in [6, 6.07) is -0.530. The summed E-state index contributed by atoms with van der Waals surface area (Å²) in [5.41, 5.74) is 1.80.